The average molecular weight is 272 g/mol. The number of aromatic nitrogens is 2. The lowest BCUT2D eigenvalue weighted by atomic mass is 10.3. The number of hydrogen-bond acceptors (Lipinski definition) is 5. The van der Waals surface area contributed by atoms with Crippen molar-refractivity contribution in [1.29, 1.82) is 0 Å². The molecule has 4 nitrogen and oxygen atoms in total. The van der Waals surface area contributed by atoms with Gasteiger partial charge in [-0.15, -0.1) is 0 Å². The Morgan fingerprint density at radius 1 is 1.11 bits per heavy atom. The van der Waals surface area contributed by atoms with E-state index in [1.54, 1.807) is 11.8 Å². The van der Waals surface area contributed by atoms with Crippen molar-refractivity contribution >= 4 is 28.0 Å². The van der Waals surface area contributed by atoms with Gasteiger partial charge in [-0.25, -0.2) is 9.97 Å². The van der Waals surface area contributed by atoms with Gasteiger partial charge in [0.25, 0.3) is 0 Å². The smallest absolute Gasteiger partial charge is 0.163 e. The molecule has 0 amide bonds. The molecule has 0 saturated heterocycles. The predicted octanol–water partition coefficient (Wildman–Crippen LogP) is 2.77. The molecule has 2 aromatic rings. The van der Waals surface area contributed by atoms with E-state index in [0.717, 1.165) is 46.4 Å². The Bertz CT molecular complexity index is 624. The van der Waals surface area contributed by atoms with E-state index >= 15 is 0 Å². The number of aryl methyl sites for hydroxylation is 1. The standard InChI is InChI=1S/C14H16N4S/c1-10-13(19-14-15-8-4-5-9-16-14)18-12-7-3-2-6-11(12)17-10/h2-3,6-7H,4-5,8-9H2,1H3,(H,15,16). The van der Waals surface area contributed by atoms with Crippen molar-refractivity contribution < 1.29 is 0 Å². The minimum absolute atomic E-state index is 0.898. The highest BCUT2D eigenvalue weighted by molar-refractivity contribution is 8.13. The van der Waals surface area contributed by atoms with E-state index in [9.17, 15) is 0 Å². The number of hydrogen-bond donors (Lipinski definition) is 1. The van der Waals surface area contributed by atoms with Crippen LogP contribution in [0.25, 0.3) is 11.0 Å². The van der Waals surface area contributed by atoms with E-state index < -0.39 is 0 Å². The molecule has 5 heteroatoms. The second-order valence-corrected chi connectivity index (χ2v) is 5.50. The minimum atomic E-state index is 0.898. The molecule has 1 aliphatic rings. The van der Waals surface area contributed by atoms with Crippen LogP contribution in [0.15, 0.2) is 34.3 Å². The molecule has 0 saturated carbocycles. The fourth-order valence-electron chi connectivity index (χ4n) is 2.00. The van der Waals surface area contributed by atoms with Gasteiger partial charge in [0.15, 0.2) is 5.17 Å². The fraction of sp³-hybridized carbons (Fsp3) is 0.357. The first-order valence-corrected chi connectivity index (χ1v) is 7.34. The molecule has 0 fully saturated rings. The number of thioether (sulfide) groups is 1. The van der Waals surface area contributed by atoms with Gasteiger partial charge in [-0.1, -0.05) is 12.1 Å². The summed E-state index contributed by atoms with van der Waals surface area (Å²) in [6, 6.07) is 7.96. The van der Waals surface area contributed by atoms with Crippen LogP contribution in [0.3, 0.4) is 0 Å². The highest BCUT2D eigenvalue weighted by Crippen LogP contribution is 2.23. The summed E-state index contributed by atoms with van der Waals surface area (Å²) in [5.41, 5.74) is 2.84. The third-order valence-electron chi connectivity index (χ3n) is 3.01. The molecule has 0 aliphatic carbocycles. The van der Waals surface area contributed by atoms with E-state index in [-0.39, 0.29) is 0 Å². The SMILES string of the molecule is Cc1nc2ccccc2nc1SC1=NCCCCN1. The Kier molecular flexibility index (Phi) is 3.64. The van der Waals surface area contributed by atoms with Crippen LogP contribution in [0.2, 0.25) is 0 Å². The van der Waals surface area contributed by atoms with E-state index in [1.807, 2.05) is 31.2 Å². The maximum absolute atomic E-state index is 4.68. The van der Waals surface area contributed by atoms with Crippen molar-refractivity contribution in [1.82, 2.24) is 15.3 Å². The number of benzene rings is 1. The highest BCUT2D eigenvalue weighted by Gasteiger charge is 2.10. The zero-order chi connectivity index (χ0) is 13.1. The largest absolute Gasteiger partial charge is 0.365 e. The van der Waals surface area contributed by atoms with Gasteiger partial charge in [-0.3, -0.25) is 4.99 Å². The Morgan fingerprint density at radius 2 is 1.89 bits per heavy atom. The third kappa shape index (κ3) is 2.87. The van der Waals surface area contributed by atoms with Gasteiger partial charge in [0.2, 0.25) is 0 Å². The summed E-state index contributed by atoms with van der Waals surface area (Å²) in [7, 11) is 0. The van der Waals surface area contributed by atoms with Gasteiger partial charge in [0, 0.05) is 13.1 Å². The molecular weight excluding hydrogens is 256 g/mol. The molecule has 1 aromatic heterocycles. The zero-order valence-corrected chi connectivity index (χ0v) is 11.7. The summed E-state index contributed by atoms with van der Waals surface area (Å²) in [5.74, 6) is 0. The van der Waals surface area contributed by atoms with E-state index in [2.05, 4.69) is 20.3 Å². The van der Waals surface area contributed by atoms with Crippen molar-refractivity contribution in [2.24, 2.45) is 4.99 Å². The van der Waals surface area contributed by atoms with Crippen molar-refractivity contribution in [3.63, 3.8) is 0 Å². The minimum Gasteiger partial charge on any atom is -0.365 e. The zero-order valence-electron chi connectivity index (χ0n) is 10.9. The number of para-hydroxylation sites is 2. The molecule has 19 heavy (non-hydrogen) atoms. The van der Waals surface area contributed by atoms with E-state index in [1.165, 1.54) is 6.42 Å². The fourth-order valence-corrected chi connectivity index (χ4v) is 2.85. The Balaban J connectivity index is 1.91. The first-order valence-electron chi connectivity index (χ1n) is 6.52. The first-order chi connectivity index (χ1) is 9.33. The highest BCUT2D eigenvalue weighted by atomic mass is 32.2. The number of nitrogens with one attached hydrogen (secondary N) is 1. The van der Waals surface area contributed by atoms with Crippen LogP contribution in [-0.4, -0.2) is 28.2 Å². The summed E-state index contributed by atoms with van der Waals surface area (Å²) in [6.45, 7) is 3.89. The first kappa shape index (κ1) is 12.4. The molecule has 0 spiro atoms. The van der Waals surface area contributed by atoms with Crippen LogP contribution in [0.4, 0.5) is 0 Å². The van der Waals surface area contributed by atoms with Gasteiger partial charge in [0.1, 0.15) is 5.03 Å². The molecule has 1 aliphatic heterocycles. The lowest BCUT2D eigenvalue weighted by Gasteiger charge is -2.08. The number of amidine groups is 1. The van der Waals surface area contributed by atoms with Gasteiger partial charge >= 0.3 is 0 Å². The van der Waals surface area contributed by atoms with Crippen LogP contribution < -0.4 is 5.32 Å². The van der Waals surface area contributed by atoms with Crippen molar-refractivity contribution in [3.8, 4) is 0 Å². The number of rotatable bonds is 1. The summed E-state index contributed by atoms with van der Waals surface area (Å²) < 4.78 is 0. The maximum Gasteiger partial charge on any atom is 0.163 e. The van der Waals surface area contributed by atoms with Crippen LogP contribution in [0, 0.1) is 6.92 Å². The van der Waals surface area contributed by atoms with Crippen LogP contribution >= 0.6 is 11.8 Å². The molecule has 0 atom stereocenters. The van der Waals surface area contributed by atoms with Gasteiger partial charge in [-0.2, -0.15) is 0 Å². The third-order valence-corrected chi connectivity index (χ3v) is 4.06. The lowest BCUT2D eigenvalue weighted by molar-refractivity contribution is 0.750. The van der Waals surface area contributed by atoms with Crippen LogP contribution in [0.1, 0.15) is 18.5 Å². The summed E-state index contributed by atoms with van der Waals surface area (Å²) in [5, 5.41) is 5.25. The number of nitrogens with zero attached hydrogens (tertiary/aromatic N) is 3. The van der Waals surface area contributed by atoms with E-state index in [4.69, 9.17) is 0 Å². The molecule has 98 valence electrons. The van der Waals surface area contributed by atoms with Crippen LogP contribution in [-0.2, 0) is 0 Å². The Hall–Kier alpha value is -1.62. The molecule has 0 bridgehead atoms. The summed E-state index contributed by atoms with van der Waals surface area (Å²) in [6.07, 6.45) is 2.33. The van der Waals surface area contributed by atoms with Gasteiger partial charge < -0.3 is 5.32 Å². The second kappa shape index (κ2) is 5.57. The van der Waals surface area contributed by atoms with E-state index in [0.29, 0.717) is 0 Å². The lowest BCUT2D eigenvalue weighted by Crippen LogP contribution is -2.20. The maximum atomic E-state index is 4.68. The van der Waals surface area contributed by atoms with Crippen LogP contribution in [0.5, 0.6) is 0 Å². The quantitative estimate of drug-likeness (QED) is 0.867. The topological polar surface area (TPSA) is 50.2 Å². The second-order valence-electron chi connectivity index (χ2n) is 4.53. The molecule has 0 radical (unpaired) electrons. The summed E-state index contributed by atoms with van der Waals surface area (Å²) in [4.78, 5) is 13.8. The van der Waals surface area contributed by atoms with Crippen molar-refractivity contribution in [3.05, 3.63) is 30.0 Å². The molecule has 1 N–H and O–H groups in total. The predicted molar refractivity (Wildman–Crippen MR) is 79.7 cm³/mol. The molecule has 3 rings (SSSR count). The van der Waals surface area contributed by atoms with Crippen molar-refractivity contribution in [2.75, 3.05) is 13.1 Å². The monoisotopic (exact) mass is 272 g/mol. The van der Waals surface area contributed by atoms with Gasteiger partial charge in [-0.05, 0) is 43.7 Å². The summed E-state index contributed by atoms with van der Waals surface area (Å²) >= 11 is 1.58. The Labute approximate surface area is 116 Å². The molecule has 1 aromatic carbocycles. The molecular formula is C14H16N4S. The van der Waals surface area contributed by atoms with Crippen molar-refractivity contribution in [2.45, 2.75) is 24.8 Å². The normalized spacial score (nSPS) is 15.7. The number of fused-ring (bicyclic) bond motifs is 1. The Morgan fingerprint density at radius 3 is 2.74 bits per heavy atom. The van der Waals surface area contributed by atoms with Gasteiger partial charge in [0.05, 0.1) is 16.7 Å². The average Bonchev–Trinajstić information content (AvgIpc) is 2.68. The molecule has 0 unspecified atom stereocenters. The number of aliphatic imine (C=N–C) groups is 1. The molecule has 2 heterocycles.